The highest BCUT2D eigenvalue weighted by Gasteiger charge is 2.23. The third kappa shape index (κ3) is 4.13. The average molecular weight is 301 g/mol. The fourth-order valence-corrected chi connectivity index (χ4v) is 2.77. The first-order valence-electron chi connectivity index (χ1n) is 6.38. The molecule has 19 heavy (non-hydrogen) atoms. The maximum Gasteiger partial charge on any atom is 0.253 e. The van der Waals surface area contributed by atoms with Gasteiger partial charge in [-0.05, 0) is 55.8 Å². The minimum absolute atomic E-state index is 0. The minimum Gasteiger partial charge on any atom is -0.338 e. The molecule has 1 heterocycles. The number of hydrogen-bond acceptors (Lipinski definition) is 3. The molecule has 1 atom stereocenters. The lowest BCUT2D eigenvalue weighted by atomic mass is 9.97. The average Bonchev–Trinajstić information content (AvgIpc) is 2.46. The van der Waals surface area contributed by atoms with E-state index in [2.05, 4.69) is 0 Å². The van der Waals surface area contributed by atoms with E-state index in [-0.39, 0.29) is 18.3 Å². The van der Waals surface area contributed by atoms with Crippen molar-refractivity contribution in [2.24, 2.45) is 11.7 Å². The summed E-state index contributed by atoms with van der Waals surface area (Å²) < 4.78 is 0. The Bertz CT molecular complexity index is 410. The van der Waals surface area contributed by atoms with E-state index in [0.29, 0.717) is 12.5 Å². The number of amides is 1. The van der Waals surface area contributed by atoms with Crippen LogP contribution in [0.3, 0.4) is 0 Å². The van der Waals surface area contributed by atoms with E-state index < -0.39 is 0 Å². The zero-order valence-corrected chi connectivity index (χ0v) is 12.8. The number of benzene rings is 1. The second-order valence-electron chi connectivity index (χ2n) is 4.72. The largest absolute Gasteiger partial charge is 0.338 e. The van der Waals surface area contributed by atoms with E-state index in [9.17, 15) is 4.79 Å². The van der Waals surface area contributed by atoms with Gasteiger partial charge in [0.15, 0.2) is 0 Å². The van der Waals surface area contributed by atoms with Gasteiger partial charge in [-0.2, -0.15) is 0 Å². The topological polar surface area (TPSA) is 46.3 Å². The lowest BCUT2D eigenvalue weighted by Crippen LogP contribution is -2.42. The number of carbonyl (C=O) groups is 1. The summed E-state index contributed by atoms with van der Waals surface area (Å²) in [5, 5.41) is 0. The van der Waals surface area contributed by atoms with Crippen LogP contribution in [0.15, 0.2) is 29.2 Å². The molecule has 0 spiro atoms. The molecule has 0 saturated carbocycles. The summed E-state index contributed by atoms with van der Waals surface area (Å²) in [6.07, 6.45) is 4.25. The van der Waals surface area contributed by atoms with Crippen molar-refractivity contribution in [1.82, 2.24) is 4.90 Å². The number of halogens is 1. The van der Waals surface area contributed by atoms with Crippen molar-refractivity contribution in [3.05, 3.63) is 29.8 Å². The maximum absolute atomic E-state index is 12.3. The van der Waals surface area contributed by atoms with Gasteiger partial charge in [-0.15, -0.1) is 24.2 Å². The molecular formula is C14H21ClN2OS. The number of likely N-dealkylation sites (tertiary alicyclic amines) is 1. The summed E-state index contributed by atoms with van der Waals surface area (Å²) in [5.41, 5.74) is 6.48. The van der Waals surface area contributed by atoms with Gasteiger partial charge < -0.3 is 10.6 Å². The summed E-state index contributed by atoms with van der Waals surface area (Å²) >= 11 is 1.69. The van der Waals surface area contributed by atoms with Crippen LogP contribution in [0, 0.1) is 5.92 Å². The van der Waals surface area contributed by atoms with Gasteiger partial charge in [-0.25, -0.2) is 0 Å². The molecule has 1 amide bonds. The van der Waals surface area contributed by atoms with Crippen LogP contribution in [0.5, 0.6) is 0 Å². The number of hydrogen-bond donors (Lipinski definition) is 1. The van der Waals surface area contributed by atoms with Crippen LogP contribution >= 0.6 is 24.2 Å². The summed E-state index contributed by atoms with van der Waals surface area (Å²) in [5.74, 6) is 0.606. The van der Waals surface area contributed by atoms with Crippen molar-refractivity contribution in [3.63, 3.8) is 0 Å². The molecule has 1 aliphatic heterocycles. The Hall–Kier alpha value is -0.710. The fourth-order valence-electron chi connectivity index (χ4n) is 2.36. The van der Waals surface area contributed by atoms with Gasteiger partial charge in [-0.1, -0.05) is 0 Å². The van der Waals surface area contributed by atoms with Crippen molar-refractivity contribution >= 4 is 30.1 Å². The van der Waals surface area contributed by atoms with Gasteiger partial charge in [0.1, 0.15) is 0 Å². The van der Waals surface area contributed by atoms with E-state index in [1.54, 1.807) is 11.8 Å². The summed E-state index contributed by atoms with van der Waals surface area (Å²) in [7, 11) is 0. The Labute approximate surface area is 125 Å². The number of carbonyl (C=O) groups excluding carboxylic acids is 1. The van der Waals surface area contributed by atoms with Crippen LogP contribution < -0.4 is 5.73 Å². The summed E-state index contributed by atoms with van der Waals surface area (Å²) in [6.45, 7) is 2.34. The monoisotopic (exact) mass is 300 g/mol. The zero-order valence-electron chi connectivity index (χ0n) is 11.2. The molecule has 1 unspecified atom stereocenters. The van der Waals surface area contributed by atoms with Crippen LogP contribution in [0.1, 0.15) is 23.2 Å². The molecule has 3 nitrogen and oxygen atoms in total. The minimum atomic E-state index is 0. The van der Waals surface area contributed by atoms with Gasteiger partial charge >= 0.3 is 0 Å². The first-order valence-corrected chi connectivity index (χ1v) is 7.60. The molecule has 2 N–H and O–H groups in total. The molecule has 0 bridgehead atoms. The number of thioether (sulfide) groups is 1. The predicted molar refractivity (Wildman–Crippen MR) is 83.2 cm³/mol. The smallest absolute Gasteiger partial charge is 0.253 e. The molecule has 0 aromatic heterocycles. The molecular weight excluding hydrogens is 280 g/mol. The van der Waals surface area contributed by atoms with Crippen molar-refractivity contribution in [2.75, 3.05) is 25.9 Å². The Morgan fingerprint density at radius 3 is 2.68 bits per heavy atom. The molecule has 1 aliphatic rings. The Morgan fingerprint density at radius 2 is 2.11 bits per heavy atom. The predicted octanol–water partition coefficient (Wildman–Crippen LogP) is 2.64. The number of piperidine rings is 1. The van der Waals surface area contributed by atoms with Crippen LogP contribution in [0.25, 0.3) is 0 Å². The lowest BCUT2D eigenvalue weighted by molar-refractivity contribution is 0.0678. The SMILES string of the molecule is CSc1ccc(C(=O)N2CCCC(CN)C2)cc1.Cl. The molecule has 1 aromatic rings. The van der Waals surface area contributed by atoms with E-state index in [4.69, 9.17) is 5.73 Å². The second kappa shape index (κ2) is 7.78. The second-order valence-corrected chi connectivity index (χ2v) is 5.60. The highest BCUT2D eigenvalue weighted by Crippen LogP contribution is 2.19. The number of nitrogens with two attached hydrogens (primary N) is 1. The molecule has 0 radical (unpaired) electrons. The molecule has 1 saturated heterocycles. The quantitative estimate of drug-likeness (QED) is 0.873. The van der Waals surface area contributed by atoms with Crippen LogP contribution in [0.4, 0.5) is 0 Å². The molecule has 2 rings (SSSR count). The van der Waals surface area contributed by atoms with Gasteiger partial charge in [0.2, 0.25) is 0 Å². The molecule has 5 heteroatoms. The van der Waals surface area contributed by atoms with Crippen molar-refractivity contribution in [3.8, 4) is 0 Å². The summed E-state index contributed by atoms with van der Waals surface area (Å²) in [4.78, 5) is 15.5. The first kappa shape index (κ1) is 16.3. The Kier molecular flexibility index (Phi) is 6.69. The van der Waals surface area contributed by atoms with Gasteiger partial charge in [-0.3, -0.25) is 4.79 Å². The third-order valence-corrected chi connectivity index (χ3v) is 4.22. The van der Waals surface area contributed by atoms with E-state index in [1.807, 2.05) is 35.4 Å². The van der Waals surface area contributed by atoms with Crippen LogP contribution in [0.2, 0.25) is 0 Å². The van der Waals surface area contributed by atoms with Gasteiger partial charge in [0.25, 0.3) is 5.91 Å². The Balaban J connectivity index is 0.00000180. The molecule has 1 fully saturated rings. The standard InChI is InChI=1S/C14H20N2OS.ClH/c1-18-13-6-4-12(5-7-13)14(17)16-8-2-3-11(9-15)10-16;/h4-7,11H,2-3,8-10,15H2,1H3;1H. The van der Waals surface area contributed by atoms with Gasteiger partial charge in [0, 0.05) is 23.5 Å². The molecule has 0 aliphatic carbocycles. The highest BCUT2D eigenvalue weighted by atomic mass is 35.5. The van der Waals surface area contributed by atoms with Crippen molar-refractivity contribution in [2.45, 2.75) is 17.7 Å². The third-order valence-electron chi connectivity index (χ3n) is 3.48. The van der Waals surface area contributed by atoms with Crippen molar-refractivity contribution < 1.29 is 4.79 Å². The zero-order chi connectivity index (χ0) is 13.0. The fraction of sp³-hybridized carbons (Fsp3) is 0.500. The molecule has 1 aromatic carbocycles. The Morgan fingerprint density at radius 1 is 1.42 bits per heavy atom. The van der Waals surface area contributed by atoms with E-state index >= 15 is 0 Å². The number of nitrogens with zero attached hydrogens (tertiary/aromatic N) is 1. The normalized spacial score (nSPS) is 18.8. The van der Waals surface area contributed by atoms with Gasteiger partial charge in [0.05, 0.1) is 0 Å². The van der Waals surface area contributed by atoms with Crippen molar-refractivity contribution in [1.29, 1.82) is 0 Å². The highest BCUT2D eigenvalue weighted by molar-refractivity contribution is 7.98. The van der Waals surface area contributed by atoms with E-state index in [1.165, 1.54) is 4.90 Å². The number of rotatable bonds is 3. The van der Waals surface area contributed by atoms with Crippen LogP contribution in [-0.4, -0.2) is 36.7 Å². The summed E-state index contributed by atoms with van der Waals surface area (Å²) in [6, 6.07) is 7.84. The van der Waals surface area contributed by atoms with Crippen LogP contribution in [-0.2, 0) is 0 Å². The maximum atomic E-state index is 12.3. The lowest BCUT2D eigenvalue weighted by Gasteiger charge is -2.32. The van der Waals surface area contributed by atoms with E-state index in [0.717, 1.165) is 31.5 Å². The first-order chi connectivity index (χ1) is 8.74. The molecule has 106 valence electrons.